The molecule has 2 aromatic rings. The van der Waals surface area contributed by atoms with E-state index >= 15 is 0 Å². The Labute approximate surface area is 260 Å². The highest BCUT2D eigenvalue weighted by atomic mass is 16.6. The van der Waals surface area contributed by atoms with Crippen LogP contribution in [0.5, 0.6) is 0 Å². The molecular formula is C33H48N4O7. The molecular weight excluding hydrogens is 564 g/mol. The third-order valence-electron chi connectivity index (χ3n) is 6.61. The van der Waals surface area contributed by atoms with Crippen molar-refractivity contribution in [2.75, 3.05) is 13.7 Å². The molecule has 0 aliphatic rings. The van der Waals surface area contributed by atoms with Gasteiger partial charge >= 0.3 is 18.1 Å². The zero-order valence-corrected chi connectivity index (χ0v) is 26.8. The van der Waals surface area contributed by atoms with Crippen molar-refractivity contribution in [1.82, 2.24) is 20.9 Å². The topological polar surface area (TPSA) is 146 Å². The maximum absolute atomic E-state index is 13.8. The van der Waals surface area contributed by atoms with E-state index in [0.29, 0.717) is 6.42 Å². The first kappa shape index (κ1) is 36.1. The number of hydrogen-bond donors (Lipinski definition) is 4. The summed E-state index contributed by atoms with van der Waals surface area (Å²) in [5, 5.41) is 19.7. The summed E-state index contributed by atoms with van der Waals surface area (Å²) >= 11 is 0. The molecule has 0 heterocycles. The van der Waals surface area contributed by atoms with Gasteiger partial charge in [0, 0.05) is 6.54 Å². The van der Waals surface area contributed by atoms with Crippen molar-refractivity contribution >= 4 is 24.0 Å². The lowest BCUT2D eigenvalue weighted by molar-refractivity contribution is -0.144. The van der Waals surface area contributed by atoms with E-state index in [1.165, 1.54) is 18.9 Å². The number of benzene rings is 2. The maximum Gasteiger partial charge on any atom is 0.407 e. The molecule has 44 heavy (non-hydrogen) atoms. The van der Waals surface area contributed by atoms with Crippen LogP contribution >= 0.6 is 0 Å². The van der Waals surface area contributed by atoms with Crippen LogP contribution in [0.2, 0.25) is 0 Å². The molecule has 0 radical (unpaired) electrons. The Morgan fingerprint density at radius 1 is 0.864 bits per heavy atom. The predicted molar refractivity (Wildman–Crippen MR) is 168 cm³/mol. The molecule has 0 aliphatic carbocycles. The quantitative estimate of drug-likeness (QED) is 0.238. The van der Waals surface area contributed by atoms with E-state index in [1.54, 1.807) is 20.8 Å². The summed E-state index contributed by atoms with van der Waals surface area (Å²) in [6.07, 6.45) is -1.30. The van der Waals surface area contributed by atoms with Crippen LogP contribution in [0, 0.1) is 5.92 Å². The van der Waals surface area contributed by atoms with E-state index in [0.717, 1.165) is 11.1 Å². The number of nitrogens with zero attached hydrogens (tertiary/aromatic N) is 1. The minimum atomic E-state index is -1.20. The van der Waals surface area contributed by atoms with E-state index in [9.17, 15) is 24.3 Å². The molecule has 0 unspecified atom stereocenters. The smallest absolute Gasteiger partial charge is 0.407 e. The molecule has 0 bridgehead atoms. The molecule has 4 amide bonds. The van der Waals surface area contributed by atoms with Crippen LogP contribution in [-0.4, -0.2) is 77.5 Å². The van der Waals surface area contributed by atoms with Gasteiger partial charge in [-0.05, 0) is 57.6 Å². The summed E-state index contributed by atoms with van der Waals surface area (Å²) in [7, 11) is 1.23. The number of aliphatic hydroxyl groups is 1. The first-order valence-corrected chi connectivity index (χ1v) is 14.9. The molecule has 0 spiro atoms. The Bertz CT molecular complexity index is 1200. The number of aliphatic hydroxyl groups excluding tert-OH is 1. The third-order valence-corrected chi connectivity index (χ3v) is 6.61. The van der Waals surface area contributed by atoms with Crippen molar-refractivity contribution in [3.8, 4) is 0 Å². The van der Waals surface area contributed by atoms with E-state index in [-0.39, 0.29) is 25.4 Å². The molecule has 4 N–H and O–H groups in total. The van der Waals surface area contributed by atoms with Gasteiger partial charge in [-0.3, -0.25) is 4.79 Å². The fraction of sp³-hybridized carbons (Fsp3) is 0.515. The number of nitrogens with one attached hydrogen (secondary N) is 3. The van der Waals surface area contributed by atoms with Crippen molar-refractivity contribution in [1.29, 1.82) is 0 Å². The number of amides is 4. The lowest BCUT2D eigenvalue weighted by atomic mass is 10.0. The van der Waals surface area contributed by atoms with Gasteiger partial charge in [0.15, 0.2) is 0 Å². The fourth-order valence-corrected chi connectivity index (χ4v) is 4.48. The normalized spacial score (nSPS) is 14.0. The number of alkyl carbamates (subject to hydrolysis) is 1. The van der Waals surface area contributed by atoms with Crippen molar-refractivity contribution in [2.45, 2.75) is 90.8 Å². The summed E-state index contributed by atoms with van der Waals surface area (Å²) in [6, 6.07) is 15.4. The van der Waals surface area contributed by atoms with Crippen LogP contribution in [0.15, 0.2) is 60.7 Å². The molecule has 11 nitrogen and oxygen atoms in total. The molecule has 2 aromatic carbocycles. The second kappa shape index (κ2) is 17.2. The van der Waals surface area contributed by atoms with E-state index in [2.05, 4.69) is 16.0 Å². The van der Waals surface area contributed by atoms with Crippen molar-refractivity contribution in [2.24, 2.45) is 5.92 Å². The first-order chi connectivity index (χ1) is 20.7. The largest absolute Gasteiger partial charge is 0.467 e. The SMILES string of the molecule is COC(=O)[C@H](C)NC(=O)[C@H](CC(C)C)NC(=O)N(Cc1ccccc1)C[C@@H](O)[C@H](Cc1ccccc1)NC(=O)OC(C)(C)C. The van der Waals surface area contributed by atoms with Crippen molar-refractivity contribution in [3.05, 3.63) is 71.8 Å². The van der Waals surface area contributed by atoms with Crippen LogP contribution in [0.3, 0.4) is 0 Å². The Kier molecular flexibility index (Phi) is 14.1. The number of ether oxygens (including phenoxy) is 2. The summed E-state index contributed by atoms with van der Waals surface area (Å²) in [4.78, 5) is 52.9. The lowest BCUT2D eigenvalue weighted by Crippen LogP contribution is -2.56. The molecule has 4 atom stereocenters. The predicted octanol–water partition coefficient (Wildman–Crippen LogP) is 3.79. The monoisotopic (exact) mass is 612 g/mol. The van der Waals surface area contributed by atoms with E-state index < -0.39 is 53.8 Å². The highest BCUT2D eigenvalue weighted by Crippen LogP contribution is 2.14. The lowest BCUT2D eigenvalue weighted by Gasteiger charge is -2.32. The van der Waals surface area contributed by atoms with Crippen molar-refractivity contribution in [3.63, 3.8) is 0 Å². The number of carbonyl (C=O) groups excluding carboxylic acids is 4. The summed E-state index contributed by atoms with van der Waals surface area (Å²) in [6.45, 7) is 10.5. The van der Waals surface area contributed by atoms with Crippen molar-refractivity contribution < 1.29 is 33.8 Å². The zero-order valence-electron chi connectivity index (χ0n) is 26.8. The summed E-state index contributed by atoms with van der Waals surface area (Å²) in [5.74, 6) is -1.09. The van der Waals surface area contributed by atoms with Gasteiger partial charge in [0.1, 0.15) is 17.7 Å². The number of hydrogen-bond acceptors (Lipinski definition) is 7. The van der Waals surface area contributed by atoms with Crippen LogP contribution < -0.4 is 16.0 Å². The number of esters is 1. The van der Waals surface area contributed by atoms with Crippen LogP contribution in [0.25, 0.3) is 0 Å². The van der Waals surface area contributed by atoms with Gasteiger partial charge in [-0.1, -0.05) is 74.5 Å². The van der Waals surface area contributed by atoms with E-state index in [1.807, 2.05) is 74.5 Å². The average Bonchev–Trinajstić information content (AvgIpc) is 2.95. The number of rotatable bonds is 14. The molecule has 0 aliphatic heterocycles. The second-order valence-corrected chi connectivity index (χ2v) is 12.3. The highest BCUT2D eigenvalue weighted by molar-refractivity contribution is 5.90. The van der Waals surface area contributed by atoms with E-state index in [4.69, 9.17) is 9.47 Å². The Hall–Kier alpha value is -4.12. The van der Waals surface area contributed by atoms with Gasteiger partial charge in [-0.25, -0.2) is 14.4 Å². The molecule has 2 rings (SSSR count). The Morgan fingerprint density at radius 2 is 1.43 bits per heavy atom. The van der Waals surface area contributed by atoms with Gasteiger partial charge in [0.05, 0.1) is 25.8 Å². The number of urea groups is 1. The van der Waals surface area contributed by atoms with Gasteiger partial charge in [-0.2, -0.15) is 0 Å². The molecule has 242 valence electrons. The van der Waals surface area contributed by atoms with Gasteiger partial charge < -0.3 is 35.4 Å². The van der Waals surface area contributed by atoms with Crippen LogP contribution in [-0.2, 0) is 32.0 Å². The van der Waals surface area contributed by atoms with Crippen LogP contribution in [0.1, 0.15) is 59.1 Å². The maximum atomic E-state index is 13.8. The first-order valence-electron chi connectivity index (χ1n) is 14.9. The molecule has 11 heteroatoms. The minimum absolute atomic E-state index is 0.0425. The number of carbonyl (C=O) groups is 4. The minimum Gasteiger partial charge on any atom is -0.467 e. The standard InChI is InChI=1S/C33H48N4O7/c1-22(2)18-27(29(39)34-23(3)30(40)43-7)35-31(41)37(20-25-16-12-9-13-17-25)21-28(38)26(19-24-14-10-8-11-15-24)36-32(42)44-33(4,5)6/h8-17,22-23,26-28,38H,18-21H2,1-7H3,(H,34,39)(H,35,41)(H,36,42)/t23-,26-,27-,28+/m0/s1. The zero-order chi connectivity index (χ0) is 32.9. The Morgan fingerprint density at radius 3 is 1.95 bits per heavy atom. The number of methoxy groups -OCH3 is 1. The molecule has 0 aromatic heterocycles. The highest BCUT2D eigenvalue weighted by Gasteiger charge is 2.31. The Balaban J connectivity index is 2.33. The third kappa shape index (κ3) is 13.0. The average molecular weight is 613 g/mol. The molecule has 0 saturated heterocycles. The molecule has 0 saturated carbocycles. The second-order valence-electron chi connectivity index (χ2n) is 12.3. The molecule has 0 fully saturated rings. The van der Waals surface area contributed by atoms with Gasteiger partial charge in [0.25, 0.3) is 0 Å². The summed E-state index contributed by atoms with van der Waals surface area (Å²) in [5.41, 5.74) is 0.932. The fourth-order valence-electron chi connectivity index (χ4n) is 4.48. The summed E-state index contributed by atoms with van der Waals surface area (Å²) < 4.78 is 10.2. The van der Waals surface area contributed by atoms with Gasteiger partial charge in [0.2, 0.25) is 5.91 Å². The van der Waals surface area contributed by atoms with Crippen LogP contribution in [0.4, 0.5) is 9.59 Å². The van der Waals surface area contributed by atoms with Gasteiger partial charge in [-0.15, -0.1) is 0 Å².